The maximum Gasteiger partial charge on any atom is 0.226 e. The van der Waals surface area contributed by atoms with Crippen molar-refractivity contribution in [3.63, 3.8) is 0 Å². The number of nitrogens with zero attached hydrogens (tertiary/aromatic N) is 1. The number of benzene rings is 2. The molecule has 31 heavy (non-hydrogen) atoms. The standard InChI is InChI=1S/C25H29NO4S/c1-17-8-10-19(11-9-17)6-5-7-21(27)15-31-16-22-18(2)30-25(26-22)20-12-13-23(28-3)24(14-20)29-4/h8-14H,5-7,15-16H2,1-4H3. The molecule has 1 aromatic heterocycles. The second-order valence-corrected chi connectivity index (χ2v) is 8.45. The third kappa shape index (κ3) is 6.37. The van der Waals surface area contributed by atoms with Crippen LogP contribution in [0, 0.1) is 13.8 Å². The van der Waals surface area contributed by atoms with Gasteiger partial charge in [-0.2, -0.15) is 0 Å². The predicted octanol–water partition coefficient (Wildman–Crippen LogP) is 5.80. The highest BCUT2D eigenvalue weighted by Gasteiger charge is 2.14. The summed E-state index contributed by atoms with van der Waals surface area (Å²) in [6.45, 7) is 3.98. The molecule has 164 valence electrons. The summed E-state index contributed by atoms with van der Waals surface area (Å²) in [5.74, 6) is 4.01. The van der Waals surface area contributed by atoms with Gasteiger partial charge in [-0.15, -0.1) is 11.8 Å². The molecule has 2 aromatic carbocycles. The maximum absolute atomic E-state index is 12.2. The number of hydrogen-bond donors (Lipinski definition) is 0. The normalized spacial score (nSPS) is 10.8. The first kappa shape index (κ1) is 22.9. The van der Waals surface area contributed by atoms with E-state index in [9.17, 15) is 4.79 Å². The highest BCUT2D eigenvalue weighted by molar-refractivity contribution is 7.99. The van der Waals surface area contributed by atoms with Gasteiger partial charge in [-0.05, 0) is 50.5 Å². The Morgan fingerprint density at radius 3 is 2.48 bits per heavy atom. The fourth-order valence-corrected chi connectivity index (χ4v) is 4.17. The Kier molecular flexibility index (Phi) is 8.18. The van der Waals surface area contributed by atoms with Crippen molar-refractivity contribution < 1.29 is 18.7 Å². The molecule has 0 saturated heterocycles. The number of ether oxygens (including phenoxy) is 2. The lowest BCUT2D eigenvalue weighted by Crippen LogP contribution is -2.02. The summed E-state index contributed by atoms with van der Waals surface area (Å²) in [6, 6.07) is 14.1. The van der Waals surface area contributed by atoms with E-state index in [1.54, 1.807) is 26.0 Å². The van der Waals surface area contributed by atoms with E-state index >= 15 is 0 Å². The Balaban J connectivity index is 1.48. The van der Waals surface area contributed by atoms with Crippen LogP contribution in [0.4, 0.5) is 0 Å². The molecule has 0 unspecified atom stereocenters. The van der Waals surface area contributed by atoms with Gasteiger partial charge in [0.25, 0.3) is 0 Å². The van der Waals surface area contributed by atoms with Crippen LogP contribution in [0.2, 0.25) is 0 Å². The van der Waals surface area contributed by atoms with Gasteiger partial charge in [0.15, 0.2) is 11.5 Å². The number of carbonyl (C=O) groups is 1. The summed E-state index contributed by atoms with van der Waals surface area (Å²) in [4.78, 5) is 16.9. The van der Waals surface area contributed by atoms with Crippen molar-refractivity contribution in [3.05, 3.63) is 65.0 Å². The molecular weight excluding hydrogens is 410 g/mol. The second-order valence-electron chi connectivity index (χ2n) is 7.46. The van der Waals surface area contributed by atoms with E-state index in [4.69, 9.17) is 13.9 Å². The van der Waals surface area contributed by atoms with E-state index in [1.165, 1.54) is 11.1 Å². The van der Waals surface area contributed by atoms with Crippen LogP contribution in [0.25, 0.3) is 11.5 Å². The summed E-state index contributed by atoms with van der Waals surface area (Å²) in [5, 5.41) is 0. The topological polar surface area (TPSA) is 61.6 Å². The molecule has 6 heteroatoms. The average molecular weight is 440 g/mol. The highest BCUT2D eigenvalue weighted by Crippen LogP contribution is 2.33. The lowest BCUT2D eigenvalue weighted by atomic mass is 10.1. The smallest absolute Gasteiger partial charge is 0.226 e. The minimum absolute atomic E-state index is 0.276. The van der Waals surface area contributed by atoms with Crippen LogP contribution >= 0.6 is 11.8 Å². The van der Waals surface area contributed by atoms with Crippen molar-refractivity contribution in [2.45, 2.75) is 38.9 Å². The van der Waals surface area contributed by atoms with Gasteiger partial charge in [0.1, 0.15) is 11.5 Å². The zero-order valence-electron chi connectivity index (χ0n) is 18.6. The average Bonchev–Trinajstić information content (AvgIpc) is 3.15. The van der Waals surface area contributed by atoms with E-state index in [2.05, 4.69) is 36.2 Å². The van der Waals surface area contributed by atoms with E-state index in [1.807, 2.05) is 25.1 Å². The van der Waals surface area contributed by atoms with Crippen LogP contribution < -0.4 is 9.47 Å². The number of rotatable bonds is 11. The first-order chi connectivity index (χ1) is 15.0. The van der Waals surface area contributed by atoms with E-state index < -0.39 is 0 Å². The third-order valence-electron chi connectivity index (χ3n) is 5.07. The van der Waals surface area contributed by atoms with Gasteiger partial charge in [0, 0.05) is 17.7 Å². The molecule has 0 spiro atoms. The molecule has 0 aliphatic carbocycles. The minimum Gasteiger partial charge on any atom is -0.493 e. The summed E-state index contributed by atoms with van der Waals surface area (Å²) < 4.78 is 16.5. The molecule has 1 heterocycles. The van der Waals surface area contributed by atoms with E-state index in [-0.39, 0.29) is 5.78 Å². The number of carbonyl (C=O) groups excluding carboxylic acids is 1. The van der Waals surface area contributed by atoms with Crippen LogP contribution in [-0.2, 0) is 17.0 Å². The van der Waals surface area contributed by atoms with Crippen molar-refractivity contribution in [1.29, 1.82) is 0 Å². The molecule has 3 aromatic rings. The third-order valence-corrected chi connectivity index (χ3v) is 6.07. The van der Waals surface area contributed by atoms with Gasteiger partial charge in [0.2, 0.25) is 5.89 Å². The predicted molar refractivity (Wildman–Crippen MR) is 125 cm³/mol. The van der Waals surface area contributed by atoms with Gasteiger partial charge in [-0.25, -0.2) is 4.98 Å². The lowest BCUT2D eigenvalue weighted by Gasteiger charge is -2.07. The summed E-state index contributed by atoms with van der Waals surface area (Å²) in [7, 11) is 3.20. The number of methoxy groups -OCH3 is 2. The Labute approximate surface area is 188 Å². The van der Waals surface area contributed by atoms with Crippen LogP contribution in [0.5, 0.6) is 11.5 Å². The monoisotopic (exact) mass is 439 g/mol. The first-order valence-electron chi connectivity index (χ1n) is 10.3. The van der Waals surface area contributed by atoms with Crippen molar-refractivity contribution in [2.24, 2.45) is 0 Å². The molecule has 0 radical (unpaired) electrons. The zero-order valence-corrected chi connectivity index (χ0v) is 19.4. The summed E-state index contributed by atoms with van der Waals surface area (Å²) in [5.41, 5.74) is 4.23. The first-order valence-corrected chi connectivity index (χ1v) is 11.5. The van der Waals surface area contributed by atoms with Gasteiger partial charge >= 0.3 is 0 Å². The Morgan fingerprint density at radius 2 is 1.77 bits per heavy atom. The molecule has 3 rings (SSSR count). The van der Waals surface area contributed by atoms with Crippen molar-refractivity contribution in [1.82, 2.24) is 4.98 Å². The minimum atomic E-state index is 0.276. The van der Waals surface area contributed by atoms with Crippen LogP contribution in [-0.4, -0.2) is 30.7 Å². The van der Waals surface area contributed by atoms with Crippen LogP contribution in [0.1, 0.15) is 35.4 Å². The molecule has 0 aliphatic rings. The van der Waals surface area contributed by atoms with Crippen molar-refractivity contribution >= 4 is 17.5 Å². The largest absolute Gasteiger partial charge is 0.493 e. The fraction of sp³-hybridized carbons (Fsp3) is 0.360. The van der Waals surface area contributed by atoms with Crippen molar-refractivity contribution in [2.75, 3.05) is 20.0 Å². The van der Waals surface area contributed by atoms with Gasteiger partial charge in [0.05, 0.1) is 25.7 Å². The fourth-order valence-electron chi connectivity index (χ4n) is 3.23. The van der Waals surface area contributed by atoms with Crippen LogP contribution in [0.15, 0.2) is 46.9 Å². The quantitative estimate of drug-likeness (QED) is 0.376. The SMILES string of the molecule is COc1ccc(-c2nc(CSCC(=O)CCCc3ccc(C)cc3)c(C)o2)cc1OC. The molecule has 0 amide bonds. The molecule has 0 atom stereocenters. The van der Waals surface area contributed by atoms with Crippen LogP contribution in [0.3, 0.4) is 0 Å². The highest BCUT2D eigenvalue weighted by atomic mass is 32.2. The van der Waals surface area contributed by atoms with Gasteiger partial charge < -0.3 is 13.9 Å². The number of oxazole rings is 1. The van der Waals surface area contributed by atoms with E-state index in [0.717, 1.165) is 29.9 Å². The molecular formula is C25H29NO4S. The zero-order chi connectivity index (χ0) is 22.2. The number of Topliss-reactive ketones (excluding diaryl/α,β-unsaturated/α-hetero) is 1. The molecule has 0 fully saturated rings. The molecule has 0 bridgehead atoms. The Hall–Kier alpha value is -2.73. The Bertz CT molecular complexity index is 1010. The molecule has 0 N–H and O–H groups in total. The molecule has 0 aliphatic heterocycles. The van der Waals surface area contributed by atoms with Gasteiger partial charge in [-0.3, -0.25) is 4.79 Å². The van der Waals surface area contributed by atoms with E-state index in [0.29, 0.717) is 35.3 Å². The Morgan fingerprint density at radius 1 is 1.03 bits per heavy atom. The number of hydrogen-bond acceptors (Lipinski definition) is 6. The molecule has 5 nitrogen and oxygen atoms in total. The number of ketones is 1. The summed E-state index contributed by atoms with van der Waals surface area (Å²) >= 11 is 1.58. The van der Waals surface area contributed by atoms with Crippen molar-refractivity contribution in [3.8, 4) is 23.0 Å². The lowest BCUT2D eigenvalue weighted by molar-refractivity contribution is -0.116. The maximum atomic E-state index is 12.2. The number of thioether (sulfide) groups is 1. The number of aromatic nitrogens is 1. The summed E-state index contributed by atoms with van der Waals surface area (Å²) in [6.07, 6.45) is 2.43. The second kappa shape index (κ2) is 11.0. The van der Waals surface area contributed by atoms with Gasteiger partial charge in [-0.1, -0.05) is 29.8 Å². The number of aryl methyl sites for hydroxylation is 3. The molecule has 0 saturated carbocycles.